The highest BCUT2D eigenvalue weighted by Crippen LogP contribution is 2.36. The zero-order valence-electron chi connectivity index (χ0n) is 11.0. The van der Waals surface area contributed by atoms with Crippen molar-refractivity contribution >= 4 is 11.6 Å². The summed E-state index contributed by atoms with van der Waals surface area (Å²) in [6.07, 6.45) is 2.47. The average Bonchev–Trinajstić information content (AvgIpc) is 2.79. The van der Waals surface area contributed by atoms with Crippen LogP contribution in [0.25, 0.3) is 0 Å². The van der Waals surface area contributed by atoms with E-state index in [2.05, 4.69) is 9.80 Å². The maximum Gasteiger partial charge on any atom is 0.256 e. The number of hydrogen-bond donors (Lipinski definition) is 1. The van der Waals surface area contributed by atoms with Crippen LogP contribution >= 0.6 is 0 Å². The summed E-state index contributed by atoms with van der Waals surface area (Å²) in [6, 6.07) is 6.20. The Balaban J connectivity index is 1.65. The fourth-order valence-electron chi connectivity index (χ4n) is 3.97. The highest BCUT2D eigenvalue weighted by Gasteiger charge is 2.42. The quantitative estimate of drug-likeness (QED) is 0.772. The monoisotopic (exact) mass is 257 g/mol. The van der Waals surface area contributed by atoms with Gasteiger partial charge in [0, 0.05) is 24.8 Å². The summed E-state index contributed by atoms with van der Waals surface area (Å²) >= 11 is 0. The number of nitrogens with two attached hydrogens (primary N) is 1. The van der Waals surface area contributed by atoms with Crippen molar-refractivity contribution in [2.75, 3.05) is 25.4 Å². The first kappa shape index (κ1) is 11.3. The number of fused-ring (bicyclic) bond motifs is 4. The van der Waals surface area contributed by atoms with Crippen molar-refractivity contribution in [1.29, 1.82) is 0 Å². The minimum absolute atomic E-state index is 0.145. The van der Waals surface area contributed by atoms with Crippen LogP contribution in [0, 0.1) is 5.92 Å². The summed E-state index contributed by atoms with van der Waals surface area (Å²) in [5.74, 6) is 0.830. The number of nitrogen functional groups attached to an aromatic ring is 1. The largest absolute Gasteiger partial charge is 0.398 e. The molecule has 0 spiro atoms. The number of carbonyl (C=O) groups is 1. The number of carbonyl (C=O) groups excluding carboxylic acids is 1. The minimum Gasteiger partial charge on any atom is -0.398 e. The molecule has 0 aromatic heterocycles. The Hall–Kier alpha value is -1.55. The van der Waals surface area contributed by atoms with Gasteiger partial charge in [-0.15, -0.1) is 0 Å². The van der Waals surface area contributed by atoms with Crippen molar-refractivity contribution in [3.05, 3.63) is 29.3 Å². The molecule has 0 aliphatic carbocycles. The molecule has 1 aromatic rings. The van der Waals surface area contributed by atoms with Crippen LogP contribution in [0.1, 0.15) is 28.8 Å². The van der Waals surface area contributed by atoms with E-state index in [0.29, 0.717) is 17.6 Å². The van der Waals surface area contributed by atoms with Crippen molar-refractivity contribution < 1.29 is 4.79 Å². The van der Waals surface area contributed by atoms with Crippen LogP contribution in [-0.4, -0.2) is 41.4 Å². The maximum atomic E-state index is 12.6. The zero-order valence-corrected chi connectivity index (χ0v) is 11.0. The molecule has 19 heavy (non-hydrogen) atoms. The van der Waals surface area contributed by atoms with E-state index in [0.717, 1.165) is 24.2 Å². The molecule has 1 unspecified atom stereocenters. The van der Waals surface area contributed by atoms with Crippen molar-refractivity contribution in [2.24, 2.45) is 5.92 Å². The second kappa shape index (κ2) is 3.97. The van der Waals surface area contributed by atoms with Gasteiger partial charge in [-0.2, -0.15) is 0 Å². The summed E-state index contributed by atoms with van der Waals surface area (Å²) in [5, 5.41) is 0. The molecule has 3 fully saturated rings. The lowest BCUT2D eigenvalue weighted by Gasteiger charge is -2.48. The van der Waals surface area contributed by atoms with Gasteiger partial charge in [-0.3, -0.25) is 4.79 Å². The fraction of sp³-hybridized carbons (Fsp3) is 0.533. The lowest BCUT2D eigenvalue weighted by molar-refractivity contribution is 0.00849. The van der Waals surface area contributed by atoms with Gasteiger partial charge in [-0.25, -0.2) is 0 Å². The van der Waals surface area contributed by atoms with E-state index in [-0.39, 0.29) is 5.91 Å². The summed E-state index contributed by atoms with van der Waals surface area (Å²) in [4.78, 5) is 17.2. The lowest BCUT2D eigenvalue weighted by Crippen LogP contribution is -2.57. The molecule has 1 aromatic carbocycles. The van der Waals surface area contributed by atoms with Gasteiger partial charge in [-0.05, 0) is 43.5 Å². The van der Waals surface area contributed by atoms with Crippen LogP contribution < -0.4 is 5.73 Å². The number of hydrogen-bond acceptors (Lipinski definition) is 3. The van der Waals surface area contributed by atoms with E-state index < -0.39 is 0 Å². The van der Waals surface area contributed by atoms with E-state index in [1.54, 1.807) is 0 Å². The third kappa shape index (κ3) is 1.59. The summed E-state index contributed by atoms with van der Waals surface area (Å²) in [5.41, 5.74) is 8.45. The molecule has 0 saturated carbocycles. The molecule has 4 heteroatoms. The van der Waals surface area contributed by atoms with E-state index in [1.165, 1.54) is 25.9 Å². The Labute approximate surface area is 113 Å². The average molecular weight is 257 g/mol. The van der Waals surface area contributed by atoms with E-state index in [4.69, 9.17) is 5.73 Å². The molecular formula is C15H19N3O. The summed E-state index contributed by atoms with van der Waals surface area (Å²) in [6.45, 7) is 4.20. The van der Waals surface area contributed by atoms with Crippen molar-refractivity contribution in [1.82, 2.24) is 9.80 Å². The van der Waals surface area contributed by atoms with Crippen LogP contribution in [-0.2, 0) is 6.54 Å². The molecule has 5 rings (SSSR count). The van der Waals surface area contributed by atoms with E-state index in [9.17, 15) is 4.79 Å². The smallest absolute Gasteiger partial charge is 0.256 e. The van der Waals surface area contributed by atoms with Crippen molar-refractivity contribution in [3.63, 3.8) is 0 Å². The Bertz CT molecular complexity index is 534. The summed E-state index contributed by atoms with van der Waals surface area (Å²) < 4.78 is 0. The first-order valence-corrected chi connectivity index (χ1v) is 7.15. The molecule has 4 aliphatic rings. The molecule has 2 bridgehead atoms. The first-order valence-electron chi connectivity index (χ1n) is 7.15. The molecule has 2 N–H and O–H groups in total. The molecule has 0 radical (unpaired) electrons. The fourth-order valence-corrected chi connectivity index (χ4v) is 3.97. The number of anilines is 1. The van der Waals surface area contributed by atoms with Crippen LogP contribution in [0.2, 0.25) is 0 Å². The van der Waals surface area contributed by atoms with Crippen molar-refractivity contribution in [2.45, 2.75) is 25.4 Å². The highest BCUT2D eigenvalue weighted by atomic mass is 16.2. The second-order valence-corrected chi connectivity index (χ2v) is 6.02. The lowest BCUT2D eigenvalue weighted by atomic mass is 9.83. The zero-order chi connectivity index (χ0) is 13.0. The number of piperidine rings is 3. The second-order valence-electron chi connectivity index (χ2n) is 6.02. The van der Waals surface area contributed by atoms with Gasteiger partial charge in [-0.1, -0.05) is 12.1 Å². The molecular weight excluding hydrogens is 238 g/mol. The predicted octanol–water partition coefficient (Wildman–Crippen LogP) is 1.32. The standard InChI is InChI=1S/C15H19N3O/c16-12-3-1-2-11-8-18(15(19)14(11)12)13-9-17-6-4-10(13)5-7-17/h1-3,10,13H,4-9,16H2. The van der Waals surface area contributed by atoms with E-state index in [1.807, 2.05) is 18.2 Å². The molecule has 4 aliphatic heterocycles. The number of nitrogens with zero attached hydrogens (tertiary/aromatic N) is 2. The maximum absolute atomic E-state index is 12.6. The number of benzene rings is 1. The Kier molecular flexibility index (Phi) is 2.36. The molecule has 1 amide bonds. The van der Waals surface area contributed by atoms with Gasteiger partial charge in [0.1, 0.15) is 0 Å². The van der Waals surface area contributed by atoms with Gasteiger partial charge in [0.15, 0.2) is 0 Å². The SMILES string of the molecule is Nc1cccc2c1C(=O)N(C1CN3CCC1CC3)C2. The van der Waals surface area contributed by atoms with Gasteiger partial charge < -0.3 is 15.5 Å². The Morgan fingerprint density at radius 2 is 2.00 bits per heavy atom. The highest BCUT2D eigenvalue weighted by molar-refractivity contribution is 6.03. The molecule has 4 nitrogen and oxygen atoms in total. The van der Waals surface area contributed by atoms with Crippen LogP contribution in [0.3, 0.4) is 0 Å². The Morgan fingerprint density at radius 3 is 2.63 bits per heavy atom. The molecule has 1 atom stereocenters. The third-order valence-electron chi connectivity index (χ3n) is 5.02. The van der Waals surface area contributed by atoms with Gasteiger partial charge in [0.05, 0.1) is 5.56 Å². The number of rotatable bonds is 1. The topological polar surface area (TPSA) is 49.6 Å². The van der Waals surface area contributed by atoms with Crippen LogP contribution in [0.15, 0.2) is 18.2 Å². The van der Waals surface area contributed by atoms with E-state index >= 15 is 0 Å². The molecule has 3 saturated heterocycles. The Morgan fingerprint density at radius 1 is 1.21 bits per heavy atom. The van der Waals surface area contributed by atoms with Gasteiger partial charge >= 0.3 is 0 Å². The minimum atomic E-state index is 0.145. The van der Waals surface area contributed by atoms with Crippen LogP contribution in [0.5, 0.6) is 0 Å². The third-order valence-corrected chi connectivity index (χ3v) is 5.02. The predicted molar refractivity (Wildman–Crippen MR) is 73.7 cm³/mol. The first-order chi connectivity index (χ1) is 9.24. The normalized spacial score (nSPS) is 32.7. The summed E-state index contributed by atoms with van der Waals surface area (Å²) in [7, 11) is 0. The molecule has 100 valence electrons. The van der Waals surface area contributed by atoms with Crippen molar-refractivity contribution in [3.8, 4) is 0 Å². The van der Waals surface area contributed by atoms with Gasteiger partial charge in [0.2, 0.25) is 0 Å². The molecule has 4 heterocycles. The van der Waals surface area contributed by atoms with Crippen LogP contribution in [0.4, 0.5) is 5.69 Å². The number of amides is 1. The van der Waals surface area contributed by atoms with Gasteiger partial charge in [0.25, 0.3) is 5.91 Å².